The molecule has 0 heterocycles. The third-order valence-corrected chi connectivity index (χ3v) is 3.06. The van der Waals surface area contributed by atoms with Crippen LogP contribution in [0, 0.1) is 0 Å². The summed E-state index contributed by atoms with van der Waals surface area (Å²) in [6.07, 6.45) is -0.961. The lowest BCUT2D eigenvalue weighted by atomic mass is 10.2. The van der Waals surface area contributed by atoms with E-state index >= 15 is 0 Å². The van der Waals surface area contributed by atoms with Crippen molar-refractivity contribution < 1.29 is 17.9 Å². The van der Waals surface area contributed by atoms with Gasteiger partial charge in [0.2, 0.25) is 0 Å². The third kappa shape index (κ3) is 8.95. The van der Waals surface area contributed by atoms with Crippen LogP contribution in [0.4, 0.5) is 13.2 Å². The van der Waals surface area contributed by atoms with Crippen molar-refractivity contribution in [2.75, 3.05) is 20.2 Å². The Morgan fingerprint density at radius 1 is 1.22 bits per heavy atom. The molecule has 0 unspecified atom stereocenters. The zero-order chi connectivity index (χ0) is 17.1. The van der Waals surface area contributed by atoms with Gasteiger partial charge >= 0.3 is 6.18 Å². The van der Waals surface area contributed by atoms with Gasteiger partial charge in [-0.1, -0.05) is 31.9 Å². The topological polar surface area (TPSA) is 45.7 Å². The van der Waals surface area contributed by atoms with Gasteiger partial charge < -0.3 is 15.4 Å². The Hall–Kier alpha value is -1.92. The highest BCUT2D eigenvalue weighted by Gasteiger charge is 2.28. The van der Waals surface area contributed by atoms with E-state index in [4.69, 9.17) is 4.74 Å². The number of unbranched alkanes of at least 4 members (excludes halogenated alkanes) is 2. The lowest BCUT2D eigenvalue weighted by Gasteiger charge is -2.13. The van der Waals surface area contributed by atoms with Gasteiger partial charge in [-0.05, 0) is 24.1 Å². The summed E-state index contributed by atoms with van der Waals surface area (Å²) in [7, 11) is 1.68. The molecule has 0 aliphatic carbocycles. The molecule has 7 heteroatoms. The minimum absolute atomic E-state index is 0.201. The number of nitrogens with zero attached hydrogens (tertiary/aromatic N) is 1. The normalized spacial score (nSPS) is 12.1. The number of hydrogen-bond acceptors (Lipinski definition) is 2. The molecule has 0 radical (unpaired) electrons. The Labute approximate surface area is 135 Å². The second-order valence-corrected chi connectivity index (χ2v) is 5.11. The summed E-state index contributed by atoms with van der Waals surface area (Å²) in [4.78, 5) is 4.11. The Balaban J connectivity index is 2.44. The van der Waals surface area contributed by atoms with Gasteiger partial charge in [0.15, 0.2) is 12.6 Å². The van der Waals surface area contributed by atoms with E-state index in [1.807, 2.05) is 6.07 Å². The molecule has 23 heavy (non-hydrogen) atoms. The van der Waals surface area contributed by atoms with Crippen molar-refractivity contribution in [2.24, 2.45) is 4.99 Å². The highest BCUT2D eigenvalue weighted by atomic mass is 19.4. The summed E-state index contributed by atoms with van der Waals surface area (Å²) in [6.45, 7) is 2.14. The highest BCUT2D eigenvalue weighted by molar-refractivity contribution is 5.79. The molecule has 0 fully saturated rings. The zero-order valence-electron chi connectivity index (χ0n) is 13.5. The fourth-order valence-corrected chi connectivity index (χ4v) is 1.90. The predicted molar refractivity (Wildman–Crippen MR) is 85.7 cm³/mol. The van der Waals surface area contributed by atoms with Crippen LogP contribution in [0.15, 0.2) is 29.3 Å². The molecular weight excluding hydrogens is 307 g/mol. The van der Waals surface area contributed by atoms with Gasteiger partial charge in [0.1, 0.15) is 5.75 Å². The molecule has 0 saturated heterocycles. The maximum absolute atomic E-state index is 12.2. The molecule has 130 valence electrons. The van der Waals surface area contributed by atoms with Crippen LogP contribution in [0.25, 0.3) is 0 Å². The number of nitrogens with one attached hydrogen (secondary N) is 2. The molecule has 0 saturated carbocycles. The fraction of sp³-hybridized carbons (Fsp3) is 0.562. The van der Waals surface area contributed by atoms with E-state index < -0.39 is 12.8 Å². The SMILES string of the molecule is CCCCCNC(=NC)NCc1cccc(OCC(F)(F)F)c1. The van der Waals surface area contributed by atoms with Crippen LogP contribution in [-0.2, 0) is 6.54 Å². The van der Waals surface area contributed by atoms with Gasteiger partial charge in [-0.15, -0.1) is 0 Å². The summed E-state index contributed by atoms with van der Waals surface area (Å²) in [5.74, 6) is 0.871. The smallest absolute Gasteiger partial charge is 0.422 e. The summed E-state index contributed by atoms with van der Waals surface area (Å²) in [6, 6.07) is 6.58. The summed E-state index contributed by atoms with van der Waals surface area (Å²) < 4.78 is 41.2. The second-order valence-electron chi connectivity index (χ2n) is 5.11. The van der Waals surface area contributed by atoms with Gasteiger partial charge in [0.05, 0.1) is 0 Å². The van der Waals surface area contributed by atoms with E-state index in [0.29, 0.717) is 12.5 Å². The number of rotatable bonds is 8. The number of benzene rings is 1. The predicted octanol–water partition coefficient (Wildman–Crippen LogP) is 3.48. The van der Waals surface area contributed by atoms with Gasteiger partial charge in [0.25, 0.3) is 0 Å². The van der Waals surface area contributed by atoms with E-state index in [9.17, 15) is 13.2 Å². The van der Waals surface area contributed by atoms with Crippen LogP contribution in [0.2, 0.25) is 0 Å². The first-order valence-electron chi connectivity index (χ1n) is 7.67. The number of guanidine groups is 1. The van der Waals surface area contributed by atoms with Crippen molar-refractivity contribution in [2.45, 2.75) is 38.9 Å². The molecule has 0 atom stereocenters. The first-order valence-corrected chi connectivity index (χ1v) is 7.67. The van der Waals surface area contributed by atoms with Crippen molar-refractivity contribution in [1.29, 1.82) is 0 Å². The molecule has 2 N–H and O–H groups in total. The molecule has 0 spiro atoms. The molecule has 0 aliphatic rings. The average Bonchev–Trinajstić information content (AvgIpc) is 2.52. The van der Waals surface area contributed by atoms with E-state index in [1.165, 1.54) is 6.07 Å². The van der Waals surface area contributed by atoms with Crippen LogP contribution in [0.3, 0.4) is 0 Å². The number of alkyl halides is 3. The van der Waals surface area contributed by atoms with Crippen LogP contribution < -0.4 is 15.4 Å². The van der Waals surface area contributed by atoms with Crippen LogP contribution >= 0.6 is 0 Å². The summed E-state index contributed by atoms with van der Waals surface area (Å²) in [5, 5.41) is 6.32. The third-order valence-electron chi connectivity index (χ3n) is 3.06. The second kappa shape index (κ2) is 9.97. The first kappa shape index (κ1) is 19.1. The lowest BCUT2D eigenvalue weighted by molar-refractivity contribution is -0.153. The van der Waals surface area contributed by atoms with Crippen molar-refractivity contribution >= 4 is 5.96 Å². The largest absolute Gasteiger partial charge is 0.484 e. The summed E-state index contributed by atoms with van der Waals surface area (Å²) in [5.41, 5.74) is 0.821. The van der Waals surface area contributed by atoms with Crippen LogP contribution in [0.5, 0.6) is 5.75 Å². The lowest BCUT2D eigenvalue weighted by Crippen LogP contribution is -2.37. The van der Waals surface area contributed by atoms with E-state index in [-0.39, 0.29) is 5.75 Å². The Morgan fingerprint density at radius 3 is 2.65 bits per heavy atom. The fourth-order valence-electron chi connectivity index (χ4n) is 1.90. The average molecular weight is 331 g/mol. The number of ether oxygens (including phenoxy) is 1. The van der Waals surface area contributed by atoms with Crippen molar-refractivity contribution in [3.8, 4) is 5.75 Å². The monoisotopic (exact) mass is 331 g/mol. The Bertz CT molecular complexity index is 490. The molecule has 0 bridgehead atoms. The number of aliphatic imine (C=N–C) groups is 1. The van der Waals surface area contributed by atoms with E-state index in [1.54, 1.807) is 19.2 Å². The molecule has 0 aliphatic heterocycles. The first-order chi connectivity index (χ1) is 10.9. The van der Waals surface area contributed by atoms with Crippen molar-refractivity contribution in [1.82, 2.24) is 10.6 Å². The molecule has 0 amide bonds. The van der Waals surface area contributed by atoms with Crippen LogP contribution in [0.1, 0.15) is 31.7 Å². The number of hydrogen-bond donors (Lipinski definition) is 2. The maximum Gasteiger partial charge on any atom is 0.422 e. The molecular formula is C16H24F3N3O. The standard InChI is InChI=1S/C16H24F3N3O/c1-3-4-5-9-21-15(20-2)22-11-13-7-6-8-14(10-13)23-12-16(17,18)19/h6-8,10H,3-5,9,11-12H2,1-2H3,(H2,20,21,22). The molecule has 1 rings (SSSR count). The number of halogens is 3. The molecule has 1 aromatic carbocycles. The van der Waals surface area contributed by atoms with E-state index in [0.717, 1.165) is 31.4 Å². The molecule has 4 nitrogen and oxygen atoms in total. The van der Waals surface area contributed by atoms with Crippen molar-refractivity contribution in [3.63, 3.8) is 0 Å². The van der Waals surface area contributed by atoms with Gasteiger partial charge in [-0.2, -0.15) is 13.2 Å². The highest BCUT2D eigenvalue weighted by Crippen LogP contribution is 2.19. The van der Waals surface area contributed by atoms with Gasteiger partial charge in [0, 0.05) is 20.1 Å². The minimum Gasteiger partial charge on any atom is -0.484 e. The van der Waals surface area contributed by atoms with Gasteiger partial charge in [-0.25, -0.2) is 0 Å². The zero-order valence-corrected chi connectivity index (χ0v) is 13.5. The Kier molecular flexibility index (Phi) is 8.29. The molecule has 1 aromatic rings. The maximum atomic E-state index is 12.2. The van der Waals surface area contributed by atoms with E-state index in [2.05, 4.69) is 22.5 Å². The minimum atomic E-state index is -4.33. The van der Waals surface area contributed by atoms with Crippen molar-refractivity contribution in [3.05, 3.63) is 29.8 Å². The summed E-state index contributed by atoms with van der Waals surface area (Å²) >= 11 is 0. The Morgan fingerprint density at radius 2 is 2.00 bits per heavy atom. The molecule has 0 aromatic heterocycles. The quantitative estimate of drug-likeness (QED) is 0.435. The van der Waals surface area contributed by atoms with Crippen LogP contribution in [-0.4, -0.2) is 32.3 Å². The van der Waals surface area contributed by atoms with Gasteiger partial charge in [-0.3, -0.25) is 4.99 Å².